The molecule has 2 aromatic rings. The average molecular weight is 376 g/mol. The van der Waals surface area contributed by atoms with Crippen molar-refractivity contribution in [2.24, 2.45) is 0 Å². The summed E-state index contributed by atoms with van der Waals surface area (Å²) in [5.41, 5.74) is 2.89. The van der Waals surface area contributed by atoms with Gasteiger partial charge in [-0.05, 0) is 27.6 Å². The van der Waals surface area contributed by atoms with Crippen molar-refractivity contribution >= 4 is 33.0 Å². The van der Waals surface area contributed by atoms with Crippen molar-refractivity contribution in [3.63, 3.8) is 0 Å². The monoisotopic (exact) mass is 375 g/mol. The van der Waals surface area contributed by atoms with E-state index in [-0.39, 0.29) is 5.54 Å². The van der Waals surface area contributed by atoms with Crippen LogP contribution in [-0.2, 0) is 12.0 Å². The lowest BCUT2D eigenvalue weighted by atomic mass is 9.88. The Kier molecular flexibility index (Phi) is 3.69. The first-order valence-corrected chi connectivity index (χ1v) is 9.27. The van der Waals surface area contributed by atoms with Gasteiger partial charge in [0.05, 0.1) is 5.71 Å². The minimum absolute atomic E-state index is 0.289. The van der Waals surface area contributed by atoms with E-state index in [0.717, 1.165) is 48.3 Å². The first-order chi connectivity index (χ1) is 10.7. The molecule has 2 aliphatic rings. The second-order valence-corrected chi connectivity index (χ2v) is 7.76. The van der Waals surface area contributed by atoms with Gasteiger partial charge in [-0.1, -0.05) is 24.3 Å². The van der Waals surface area contributed by atoms with Gasteiger partial charge >= 0.3 is 0 Å². The first kappa shape index (κ1) is 14.6. The molecule has 0 spiro atoms. The molecule has 1 aliphatic carbocycles. The van der Waals surface area contributed by atoms with Crippen LogP contribution in [0.15, 0.2) is 40.2 Å². The molecule has 5 heteroatoms. The maximum Gasteiger partial charge on any atom is 0.102 e. The number of benzene rings is 1. The van der Waals surface area contributed by atoms with Crippen LogP contribution in [0.1, 0.15) is 16.0 Å². The van der Waals surface area contributed by atoms with Gasteiger partial charge in [-0.15, -0.1) is 11.3 Å². The smallest absolute Gasteiger partial charge is 0.102 e. The third-order valence-corrected chi connectivity index (χ3v) is 6.62. The van der Waals surface area contributed by atoms with Crippen molar-refractivity contribution in [1.29, 1.82) is 5.41 Å². The molecule has 1 fully saturated rings. The van der Waals surface area contributed by atoms with Crippen molar-refractivity contribution < 1.29 is 0 Å². The van der Waals surface area contributed by atoms with Crippen LogP contribution in [0.3, 0.4) is 0 Å². The van der Waals surface area contributed by atoms with Crippen LogP contribution in [0.5, 0.6) is 0 Å². The molecule has 1 aromatic heterocycles. The van der Waals surface area contributed by atoms with E-state index in [0.29, 0.717) is 0 Å². The van der Waals surface area contributed by atoms with Gasteiger partial charge in [0.2, 0.25) is 0 Å². The number of thiophene rings is 1. The fraction of sp³-hybridized carbons (Fsp3) is 0.353. The molecule has 4 rings (SSSR count). The van der Waals surface area contributed by atoms with E-state index in [9.17, 15) is 0 Å². The molecule has 114 valence electrons. The van der Waals surface area contributed by atoms with Crippen LogP contribution in [0.2, 0.25) is 0 Å². The molecule has 3 nitrogen and oxygen atoms in total. The molecule has 0 amide bonds. The van der Waals surface area contributed by atoms with Crippen molar-refractivity contribution in [2.75, 3.05) is 26.2 Å². The number of fused-ring (bicyclic) bond motifs is 1. The third-order valence-electron chi connectivity index (χ3n) is 4.78. The zero-order valence-electron chi connectivity index (χ0n) is 12.2. The first-order valence-electron chi connectivity index (χ1n) is 7.59. The van der Waals surface area contributed by atoms with Crippen LogP contribution in [0, 0.1) is 5.41 Å². The zero-order chi connectivity index (χ0) is 15.2. The highest BCUT2D eigenvalue weighted by Gasteiger charge is 2.49. The zero-order valence-corrected chi connectivity index (χ0v) is 14.6. The lowest BCUT2D eigenvalue weighted by molar-refractivity contribution is 0.133. The Morgan fingerprint density at radius 2 is 2.00 bits per heavy atom. The van der Waals surface area contributed by atoms with Gasteiger partial charge in [0.15, 0.2) is 0 Å². The number of hydrogen-bond acceptors (Lipinski definition) is 4. The lowest BCUT2D eigenvalue weighted by Crippen LogP contribution is -2.57. The number of nitrogens with one attached hydrogen (secondary N) is 2. The van der Waals surface area contributed by atoms with Gasteiger partial charge < -0.3 is 10.7 Å². The van der Waals surface area contributed by atoms with Crippen molar-refractivity contribution in [3.8, 4) is 0 Å². The van der Waals surface area contributed by atoms with Crippen molar-refractivity contribution in [1.82, 2.24) is 10.2 Å². The van der Waals surface area contributed by atoms with Crippen molar-refractivity contribution in [3.05, 3.63) is 56.2 Å². The molecule has 1 aliphatic heterocycles. The lowest BCUT2D eigenvalue weighted by Gasteiger charge is -2.43. The number of halogens is 1. The van der Waals surface area contributed by atoms with Gasteiger partial charge in [0, 0.05) is 52.9 Å². The molecule has 0 saturated carbocycles. The summed E-state index contributed by atoms with van der Waals surface area (Å²) in [6.07, 6.45) is 0.912. The quantitative estimate of drug-likeness (QED) is 0.845. The summed E-state index contributed by atoms with van der Waals surface area (Å²) in [5.74, 6) is 0. The number of nitrogens with zero attached hydrogens (tertiary/aromatic N) is 1. The van der Waals surface area contributed by atoms with E-state index < -0.39 is 0 Å². The molecule has 22 heavy (non-hydrogen) atoms. The van der Waals surface area contributed by atoms with Crippen LogP contribution in [0.25, 0.3) is 0 Å². The average Bonchev–Trinajstić information content (AvgIpc) is 3.11. The summed E-state index contributed by atoms with van der Waals surface area (Å²) < 4.78 is 1.12. The van der Waals surface area contributed by atoms with Crippen LogP contribution >= 0.6 is 27.3 Å². The molecular formula is C17H18BrN3S. The third kappa shape index (κ3) is 2.11. The fourth-order valence-corrected chi connectivity index (χ4v) is 5.38. The molecule has 0 radical (unpaired) electrons. The maximum absolute atomic E-state index is 8.95. The Bertz CT molecular complexity index is 720. The Labute approximate surface area is 143 Å². The summed E-state index contributed by atoms with van der Waals surface area (Å²) >= 11 is 5.36. The highest BCUT2D eigenvalue weighted by Crippen LogP contribution is 2.45. The normalized spacial score (nSPS) is 25.4. The van der Waals surface area contributed by atoms with E-state index >= 15 is 0 Å². The van der Waals surface area contributed by atoms with E-state index in [4.69, 9.17) is 5.41 Å². The summed E-state index contributed by atoms with van der Waals surface area (Å²) in [6.45, 7) is 3.98. The molecule has 0 bridgehead atoms. The van der Waals surface area contributed by atoms with Gasteiger partial charge in [0.25, 0.3) is 0 Å². The maximum atomic E-state index is 8.95. The Morgan fingerprint density at radius 3 is 2.68 bits per heavy atom. The van der Waals surface area contributed by atoms with Gasteiger partial charge in [-0.25, -0.2) is 0 Å². The summed E-state index contributed by atoms with van der Waals surface area (Å²) in [7, 11) is 0. The van der Waals surface area contributed by atoms with E-state index in [2.05, 4.69) is 55.8 Å². The molecule has 1 unspecified atom stereocenters. The van der Waals surface area contributed by atoms with Crippen LogP contribution < -0.4 is 5.32 Å². The van der Waals surface area contributed by atoms with E-state index in [1.807, 2.05) is 6.07 Å². The Hall–Kier alpha value is -1.01. The standard InChI is InChI=1S/C17H18BrN3S/c18-13-9-15(22-11-13)17(21-7-5-20-6-8-21)10-12-3-1-2-4-14(12)16(17)19/h1-4,9,11,19-20H,5-8,10H2. The highest BCUT2D eigenvalue weighted by atomic mass is 79.9. The summed E-state index contributed by atoms with van der Waals surface area (Å²) in [4.78, 5) is 3.78. The fourth-order valence-electron chi connectivity index (χ4n) is 3.72. The second kappa shape index (κ2) is 5.57. The molecule has 1 saturated heterocycles. The van der Waals surface area contributed by atoms with Gasteiger partial charge in [-0.3, -0.25) is 4.90 Å². The van der Waals surface area contributed by atoms with E-state index in [1.165, 1.54) is 10.4 Å². The van der Waals surface area contributed by atoms with Gasteiger partial charge in [-0.2, -0.15) is 0 Å². The predicted octanol–water partition coefficient (Wildman–Crippen LogP) is 3.24. The second-order valence-electron chi connectivity index (χ2n) is 5.94. The minimum Gasteiger partial charge on any atom is -0.314 e. The van der Waals surface area contributed by atoms with Gasteiger partial charge in [0.1, 0.15) is 5.54 Å². The molecule has 1 atom stereocenters. The number of rotatable bonds is 2. The topological polar surface area (TPSA) is 39.1 Å². The molecular weight excluding hydrogens is 358 g/mol. The number of piperazine rings is 1. The predicted molar refractivity (Wildman–Crippen MR) is 95.1 cm³/mol. The molecule has 1 aromatic carbocycles. The summed E-state index contributed by atoms with van der Waals surface area (Å²) in [5, 5.41) is 14.5. The highest BCUT2D eigenvalue weighted by molar-refractivity contribution is 9.10. The number of hydrogen-bond donors (Lipinski definition) is 2. The Morgan fingerprint density at radius 1 is 1.23 bits per heavy atom. The molecule has 2 N–H and O–H groups in total. The largest absolute Gasteiger partial charge is 0.314 e. The Balaban J connectivity index is 1.86. The van der Waals surface area contributed by atoms with Crippen LogP contribution in [-0.4, -0.2) is 36.8 Å². The van der Waals surface area contributed by atoms with E-state index in [1.54, 1.807) is 11.3 Å². The molecule has 2 heterocycles. The summed E-state index contributed by atoms with van der Waals surface area (Å²) in [6, 6.07) is 10.6. The SMILES string of the molecule is N=C1c2ccccc2CC1(c1cc(Br)cs1)N1CCNCC1. The van der Waals surface area contributed by atoms with Crippen molar-refractivity contribution in [2.45, 2.75) is 12.0 Å². The minimum atomic E-state index is -0.289. The van der Waals surface area contributed by atoms with Crippen LogP contribution in [0.4, 0.5) is 0 Å².